The molecule has 1 unspecified atom stereocenters. The van der Waals surface area contributed by atoms with E-state index in [2.05, 4.69) is 20.9 Å². The smallest absolute Gasteiger partial charge is 0.323 e. The molecule has 1 saturated heterocycles. The Balaban J connectivity index is 1.78. The summed E-state index contributed by atoms with van der Waals surface area (Å²) in [7, 11) is 0. The van der Waals surface area contributed by atoms with Crippen LogP contribution in [-0.2, 0) is 0 Å². The molecule has 3 amide bonds. The van der Waals surface area contributed by atoms with E-state index in [1.165, 1.54) is 6.42 Å². The minimum Gasteiger partial charge on any atom is -0.371 e. The number of benzene rings is 2. The minimum atomic E-state index is -0.413. The third-order valence-electron chi connectivity index (χ3n) is 5.46. The molecule has 0 bridgehead atoms. The number of piperidine rings is 1. The summed E-state index contributed by atoms with van der Waals surface area (Å²) in [6, 6.07) is 13.8. The number of rotatable bonds is 6. The summed E-state index contributed by atoms with van der Waals surface area (Å²) >= 11 is 0. The van der Waals surface area contributed by atoms with Gasteiger partial charge in [0.15, 0.2) is 0 Å². The fourth-order valence-corrected chi connectivity index (χ4v) is 3.53. The van der Waals surface area contributed by atoms with E-state index in [9.17, 15) is 9.59 Å². The predicted octanol–water partition coefficient (Wildman–Crippen LogP) is 4.72. The molecule has 2 aromatic carbocycles. The Morgan fingerprint density at radius 3 is 2.32 bits per heavy atom. The van der Waals surface area contributed by atoms with E-state index in [4.69, 9.17) is 5.26 Å². The van der Waals surface area contributed by atoms with Crippen LogP contribution in [0.3, 0.4) is 0 Å². The van der Waals surface area contributed by atoms with E-state index >= 15 is 0 Å². The summed E-state index contributed by atoms with van der Waals surface area (Å²) in [5, 5.41) is 17.5. The van der Waals surface area contributed by atoms with Gasteiger partial charge in [-0.15, -0.1) is 0 Å². The van der Waals surface area contributed by atoms with Crippen LogP contribution < -0.4 is 20.9 Å². The van der Waals surface area contributed by atoms with Crippen LogP contribution in [0.25, 0.3) is 0 Å². The fourth-order valence-electron chi connectivity index (χ4n) is 3.53. The lowest BCUT2D eigenvalue weighted by Gasteiger charge is -2.31. The quantitative estimate of drug-likeness (QED) is 0.631. The molecule has 7 heteroatoms. The Hall–Kier alpha value is -3.53. The lowest BCUT2D eigenvalue weighted by Crippen LogP contribution is -2.35. The van der Waals surface area contributed by atoms with Crippen molar-refractivity contribution in [3.05, 3.63) is 53.6 Å². The van der Waals surface area contributed by atoms with Crippen molar-refractivity contribution >= 4 is 29.0 Å². The van der Waals surface area contributed by atoms with Crippen molar-refractivity contribution in [1.29, 1.82) is 5.26 Å². The molecule has 162 valence electrons. The normalized spacial score (nSPS) is 14.3. The van der Waals surface area contributed by atoms with Gasteiger partial charge >= 0.3 is 6.03 Å². The highest BCUT2D eigenvalue weighted by atomic mass is 16.2. The molecule has 1 aliphatic heterocycles. The Labute approximate surface area is 183 Å². The van der Waals surface area contributed by atoms with E-state index in [-0.39, 0.29) is 11.9 Å². The topological polar surface area (TPSA) is 97.3 Å². The highest BCUT2D eigenvalue weighted by Gasteiger charge is 2.20. The molecule has 1 aliphatic rings. The van der Waals surface area contributed by atoms with Gasteiger partial charge in [0.1, 0.15) is 0 Å². The number of carbonyl (C=O) groups is 2. The number of nitrogens with zero attached hydrogens (tertiary/aromatic N) is 2. The van der Waals surface area contributed by atoms with Crippen molar-refractivity contribution < 1.29 is 9.59 Å². The van der Waals surface area contributed by atoms with Crippen LogP contribution in [-0.4, -0.2) is 31.1 Å². The molecule has 31 heavy (non-hydrogen) atoms. The second-order valence-electron chi connectivity index (χ2n) is 7.83. The molecule has 0 spiro atoms. The Morgan fingerprint density at radius 1 is 1.03 bits per heavy atom. The standard InChI is InChI=1S/C24H29N5O2/c1-3-17(2)26-23(30)21-15-20(11-12-22(21)29-13-5-4-6-14-29)28-24(31)27-19-9-7-18(16-25)8-10-19/h7-12,15,17H,3-6,13-14H2,1-2H3,(H,26,30)(H2,27,28,31). The fraction of sp³-hybridized carbons (Fsp3) is 0.375. The van der Waals surface area contributed by atoms with Crippen LogP contribution in [0.4, 0.5) is 21.9 Å². The summed E-state index contributed by atoms with van der Waals surface area (Å²) in [5.41, 5.74) is 3.12. The maximum atomic E-state index is 13.0. The summed E-state index contributed by atoms with van der Waals surface area (Å²) in [6.07, 6.45) is 4.27. The molecule has 0 radical (unpaired) electrons. The molecule has 0 saturated carbocycles. The molecular weight excluding hydrogens is 390 g/mol. The molecular formula is C24H29N5O2. The highest BCUT2D eigenvalue weighted by molar-refractivity contribution is 6.04. The monoisotopic (exact) mass is 419 g/mol. The van der Waals surface area contributed by atoms with E-state index in [0.29, 0.717) is 22.5 Å². The zero-order chi connectivity index (χ0) is 22.2. The zero-order valence-electron chi connectivity index (χ0n) is 18.1. The molecule has 1 fully saturated rings. The van der Waals surface area contributed by atoms with Gasteiger partial charge in [0.2, 0.25) is 0 Å². The Bertz CT molecular complexity index is 959. The van der Waals surface area contributed by atoms with Crippen LogP contribution in [0.15, 0.2) is 42.5 Å². The van der Waals surface area contributed by atoms with Gasteiger partial charge in [0.25, 0.3) is 5.91 Å². The maximum Gasteiger partial charge on any atom is 0.323 e. The number of anilines is 3. The van der Waals surface area contributed by atoms with Crippen molar-refractivity contribution in [2.45, 2.75) is 45.6 Å². The molecule has 0 aromatic heterocycles. The van der Waals surface area contributed by atoms with Gasteiger partial charge in [0.05, 0.1) is 17.2 Å². The lowest BCUT2D eigenvalue weighted by molar-refractivity contribution is 0.0939. The van der Waals surface area contributed by atoms with Gasteiger partial charge in [0, 0.05) is 36.2 Å². The summed E-state index contributed by atoms with van der Waals surface area (Å²) < 4.78 is 0. The lowest BCUT2D eigenvalue weighted by atomic mass is 10.1. The van der Waals surface area contributed by atoms with Crippen molar-refractivity contribution in [3.63, 3.8) is 0 Å². The first kappa shape index (κ1) is 22.2. The second-order valence-corrected chi connectivity index (χ2v) is 7.83. The number of hydrogen-bond acceptors (Lipinski definition) is 4. The van der Waals surface area contributed by atoms with E-state index in [1.807, 2.05) is 32.0 Å². The molecule has 0 aliphatic carbocycles. The summed E-state index contributed by atoms with van der Waals surface area (Å²) in [5.74, 6) is -0.133. The van der Waals surface area contributed by atoms with E-state index in [0.717, 1.165) is 38.0 Å². The average Bonchev–Trinajstić information content (AvgIpc) is 2.80. The molecule has 1 atom stereocenters. The number of hydrogen-bond donors (Lipinski definition) is 3. The van der Waals surface area contributed by atoms with E-state index < -0.39 is 6.03 Å². The van der Waals surface area contributed by atoms with Gasteiger partial charge in [-0.25, -0.2) is 4.79 Å². The largest absolute Gasteiger partial charge is 0.371 e. The van der Waals surface area contributed by atoms with Crippen molar-refractivity contribution in [2.75, 3.05) is 28.6 Å². The number of amides is 3. The second kappa shape index (κ2) is 10.5. The molecule has 7 nitrogen and oxygen atoms in total. The number of nitriles is 1. The van der Waals surface area contributed by atoms with Gasteiger partial charge < -0.3 is 20.9 Å². The third kappa shape index (κ3) is 5.98. The maximum absolute atomic E-state index is 13.0. The van der Waals surface area contributed by atoms with Crippen LogP contribution in [0, 0.1) is 11.3 Å². The summed E-state index contributed by atoms with van der Waals surface area (Å²) in [4.78, 5) is 27.7. The average molecular weight is 420 g/mol. The van der Waals surface area contributed by atoms with Crippen molar-refractivity contribution in [2.24, 2.45) is 0 Å². The first-order valence-corrected chi connectivity index (χ1v) is 10.8. The minimum absolute atomic E-state index is 0.0676. The molecule has 3 N–H and O–H groups in total. The van der Waals surface area contributed by atoms with Crippen molar-refractivity contribution in [3.8, 4) is 6.07 Å². The number of urea groups is 1. The SMILES string of the molecule is CCC(C)NC(=O)c1cc(NC(=O)Nc2ccc(C#N)cc2)ccc1N1CCCCC1. The Kier molecular flexibility index (Phi) is 7.50. The van der Waals surface area contributed by atoms with Gasteiger partial charge in [-0.1, -0.05) is 6.92 Å². The Morgan fingerprint density at radius 2 is 1.68 bits per heavy atom. The van der Waals surface area contributed by atoms with Crippen molar-refractivity contribution in [1.82, 2.24) is 5.32 Å². The van der Waals surface area contributed by atoms with Crippen LogP contribution in [0.5, 0.6) is 0 Å². The molecule has 1 heterocycles. The third-order valence-corrected chi connectivity index (χ3v) is 5.46. The van der Waals surface area contributed by atoms with Gasteiger partial charge in [-0.3, -0.25) is 4.79 Å². The first-order chi connectivity index (χ1) is 15.0. The predicted molar refractivity (Wildman–Crippen MR) is 124 cm³/mol. The number of carbonyl (C=O) groups excluding carboxylic acids is 2. The molecule has 3 rings (SSSR count). The van der Waals surface area contributed by atoms with Crippen LogP contribution in [0.2, 0.25) is 0 Å². The van der Waals surface area contributed by atoms with Crippen LogP contribution >= 0.6 is 0 Å². The summed E-state index contributed by atoms with van der Waals surface area (Å²) in [6.45, 7) is 5.86. The first-order valence-electron chi connectivity index (χ1n) is 10.8. The number of nitrogens with one attached hydrogen (secondary N) is 3. The van der Waals surface area contributed by atoms with Gasteiger partial charge in [-0.2, -0.15) is 5.26 Å². The van der Waals surface area contributed by atoms with Gasteiger partial charge in [-0.05, 0) is 75.1 Å². The van der Waals surface area contributed by atoms with E-state index in [1.54, 1.807) is 30.3 Å². The van der Waals surface area contributed by atoms with Crippen LogP contribution in [0.1, 0.15) is 55.5 Å². The highest BCUT2D eigenvalue weighted by Crippen LogP contribution is 2.27. The molecule has 2 aromatic rings. The zero-order valence-corrected chi connectivity index (χ0v) is 18.1.